The summed E-state index contributed by atoms with van der Waals surface area (Å²) in [7, 11) is 0. The van der Waals surface area contributed by atoms with Crippen molar-refractivity contribution in [2.75, 3.05) is 30.3 Å². The Morgan fingerprint density at radius 2 is 1.25 bits per heavy atom. The third kappa shape index (κ3) is 9.64. The quantitative estimate of drug-likeness (QED) is 0.0791. The van der Waals surface area contributed by atoms with Crippen LogP contribution in [0.15, 0.2) is 79.4 Å². The van der Waals surface area contributed by atoms with E-state index in [0.717, 1.165) is 98.3 Å². The number of nitrogens with zero attached hydrogens (tertiary/aromatic N) is 4. The minimum absolute atomic E-state index is 0.0424. The second-order valence-electron chi connectivity index (χ2n) is 14.3. The van der Waals surface area contributed by atoms with Crippen LogP contribution in [0.25, 0.3) is 44.1 Å². The molecule has 0 fully saturated rings. The molecule has 4 aromatic carbocycles. The maximum absolute atomic E-state index is 12.1. The van der Waals surface area contributed by atoms with Gasteiger partial charge in [-0.05, 0) is 120 Å². The summed E-state index contributed by atoms with van der Waals surface area (Å²) in [6, 6.07) is 21.6. The molecule has 6 N–H and O–H groups in total. The highest BCUT2D eigenvalue weighted by molar-refractivity contribution is 6.03. The smallest absolute Gasteiger partial charge is 0.249 e. The van der Waals surface area contributed by atoms with Gasteiger partial charge in [-0.3, -0.25) is 4.79 Å². The lowest BCUT2D eigenvalue weighted by Gasteiger charge is -2.14. The zero-order valence-corrected chi connectivity index (χ0v) is 31.6. The first-order chi connectivity index (χ1) is 25.5. The van der Waals surface area contributed by atoms with E-state index >= 15 is 0 Å². The molecule has 0 aliphatic rings. The number of hydrogen-bond acceptors (Lipinski definition) is 9. The number of aromatic nitrogens is 4. The first kappa shape index (κ1) is 38.6. The monoisotopic (exact) mass is 713 g/mol. The number of carbonyl (C=O) groups is 1. The number of primary amides is 1. The number of benzene rings is 4. The van der Waals surface area contributed by atoms with Gasteiger partial charge in [0.2, 0.25) is 5.91 Å². The van der Waals surface area contributed by atoms with Gasteiger partial charge in [0.15, 0.2) is 0 Å². The van der Waals surface area contributed by atoms with E-state index < -0.39 is 5.91 Å². The number of anilines is 2. The SMILES string of the molecule is CC(C)CCNc1ncnc2ccc(-c3cccc(CCO)c3C(N)=O)cc12.Cc1cc(-c2ccc3ncnc(NCCC(C)C)c3c2)cc(C)c1O. The minimum Gasteiger partial charge on any atom is -0.507 e. The third-order valence-electron chi connectivity index (χ3n) is 9.21. The number of hydrogen-bond donors (Lipinski definition) is 5. The number of aromatic hydroxyl groups is 1. The number of fused-ring (bicyclic) bond motifs is 2. The molecule has 0 unspecified atom stereocenters. The maximum Gasteiger partial charge on any atom is 0.249 e. The lowest BCUT2D eigenvalue weighted by atomic mass is 9.93. The molecular formula is C43H51N7O3. The van der Waals surface area contributed by atoms with Gasteiger partial charge in [0, 0.05) is 30.5 Å². The van der Waals surface area contributed by atoms with Crippen molar-refractivity contribution >= 4 is 39.3 Å². The number of aryl methyl sites for hydroxylation is 2. The zero-order chi connectivity index (χ0) is 38.1. The Balaban J connectivity index is 0.000000206. The lowest BCUT2D eigenvalue weighted by Crippen LogP contribution is -2.16. The second-order valence-corrected chi connectivity index (χ2v) is 14.3. The van der Waals surface area contributed by atoms with Crippen LogP contribution in [0.3, 0.4) is 0 Å². The number of carbonyl (C=O) groups excluding carboxylic acids is 1. The molecule has 53 heavy (non-hydrogen) atoms. The molecule has 10 nitrogen and oxygen atoms in total. The molecule has 0 saturated heterocycles. The third-order valence-corrected chi connectivity index (χ3v) is 9.21. The summed E-state index contributed by atoms with van der Waals surface area (Å²) >= 11 is 0. The molecule has 0 aliphatic carbocycles. The Morgan fingerprint density at radius 1 is 0.717 bits per heavy atom. The van der Waals surface area contributed by atoms with Crippen LogP contribution in [-0.2, 0) is 6.42 Å². The van der Waals surface area contributed by atoms with Crippen LogP contribution in [0, 0.1) is 25.7 Å². The summed E-state index contributed by atoms with van der Waals surface area (Å²) in [6.45, 7) is 14.3. The van der Waals surface area contributed by atoms with E-state index in [1.165, 1.54) is 0 Å². The second kappa shape index (κ2) is 17.7. The number of nitrogens with one attached hydrogen (secondary N) is 2. The van der Waals surface area contributed by atoms with Crippen molar-refractivity contribution in [3.8, 4) is 28.0 Å². The van der Waals surface area contributed by atoms with Gasteiger partial charge in [0.25, 0.3) is 0 Å². The van der Waals surface area contributed by atoms with Crippen LogP contribution >= 0.6 is 0 Å². The van der Waals surface area contributed by atoms with E-state index in [1.54, 1.807) is 12.7 Å². The molecule has 0 aliphatic heterocycles. The fraction of sp³-hybridized carbons (Fsp3) is 0.326. The molecule has 0 saturated carbocycles. The summed E-state index contributed by atoms with van der Waals surface area (Å²) in [5, 5.41) is 28.1. The Hall–Kier alpha value is -5.61. The first-order valence-corrected chi connectivity index (χ1v) is 18.3. The highest BCUT2D eigenvalue weighted by Crippen LogP contribution is 2.33. The first-order valence-electron chi connectivity index (χ1n) is 18.3. The van der Waals surface area contributed by atoms with E-state index in [9.17, 15) is 15.0 Å². The summed E-state index contributed by atoms with van der Waals surface area (Å²) in [6.07, 6.45) is 5.68. The van der Waals surface area contributed by atoms with Crippen molar-refractivity contribution in [3.05, 3.63) is 102 Å². The number of aliphatic hydroxyl groups is 1. The van der Waals surface area contributed by atoms with Gasteiger partial charge in [-0.2, -0.15) is 0 Å². The molecule has 10 heteroatoms. The van der Waals surface area contributed by atoms with Crippen molar-refractivity contribution in [3.63, 3.8) is 0 Å². The Bertz CT molecular complexity index is 2180. The average molecular weight is 714 g/mol. The Labute approximate surface area is 312 Å². The number of aliphatic hydroxyl groups excluding tert-OH is 1. The molecule has 0 bridgehead atoms. The van der Waals surface area contributed by atoms with Crippen LogP contribution in [-0.4, -0.2) is 55.8 Å². The summed E-state index contributed by atoms with van der Waals surface area (Å²) in [5.74, 6) is 2.77. The number of amides is 1. The van der Waals surface area contributed by atoms with Crippen molar-refractivity contribution in [1.82, 2.24) is 19.9 Å². The van der Waals surface area contributed by atoms with Crippen LogP contribution < -0.4 is 16.4 Å². The summed E-state index contributed by atoms with van der Waals surface area (Å²) in [4.78, 5) is 29.7. The van der Waals surface area contributed by atoms with Crippen molar-refractivity contribution in [2.24, 2.45) is 17.6 Å². The molecule has 2 aromatic heterocycles. The van der Waals surface area contributed by atoms with Crippen LogP contribution in [0.5, 0.6) is 5.75 Å². The van der Waals surface area contributed by atoms with Crippen LogP contribution in [0.1, 0.15) is 67.6 Å². The van der Waals surface area contributed by atoms with Crippen LogP contribution in [0.2, 0.25) is 0 Å². The molecule has 6 rings (SSSR count). The van der Waals surface area contributed by atoms with Gasteiger partial charge in [-0.15, -0.1) is 0 Å². The van der Waals surface area contributed by atoms with E-state index in [4.69, 9.17) is 5.73 Å². The standard InChI is InChI=1S/C22H26N4O2.C21H25N3O/c1-14(2)8-10-24-22-18-12-16(6-7-19(18)25-13-26-22)17-5-3-4-15(9-11-27)20(17)21(23)28;1-13(2)7-8-22-21-18-11-16(5-6-19(18)23-12-24-21)17-9-14(3)20(25)15(4)10-17/h3-7,12-14,27H,8-11H2,1-2H3,(H2,23,28)(H,24,25,26);5-6,9-13,25H,7-8H2,1-4H3,(H,22,23,24). The zero-order valence-electron chi connectivity index (χ0n) is 31.6. The average Bonchev–Trinajstić information content (AvgIpc) is 3.13. The largest absolute Gasteiger partial charge is 0.507 e. The van der Waals surface area contributed by atoms with Crippen molar-refractivity contribution in [1.29, 1.82) is 0 Å². The Kier molecular flexibility index (Phi) is 12.9. The lowest BCUT2D eigenvalue weighted by molar-refractivity contribution is 0.1000. The molecule has 1 amide bonds. The van der Waals surface area contributed by atoms with Gasteiger partial charge in [-0.1, -0.05) is 58.0 Å². The summed E-state index contributed by atoms with van der Waals surface area (Å²) in [5.41, 5.74) is 14.2. The molecule has 2 heterocycles. The number of phenols is 1. The van der Waals surface area contributed by atoms with Crippen molar-refractivity contribution < 1.29 is 15.0 Å². The van der Waals surface area contributed by atoms with Crippen LogP contribution in [0.4, 0.5) is 11.6 Å². The van der Waals surface area contributed by atoms with Crippen molar-refractivity contribution in [2.45, 2.75) is 60.8 Å². The summed E-state index contributed by atoms with van der Waals surface area (Å²) < 4.78 is 0. The van der Waals surface area contributed by atoms with Gasteiger partial charge < -0.3 is 26.6 Å². The highest BCUT2D eigenvalue weighted by Gasteiger charge is 2.16. The van der Waals surface area contributed by atoms with Gasteiger partial charge >= 0.3 is 0 Å². The molecule has 6 aromatic rings. The van der Waals surface area contributed by atoms with Gasteiger partial charge in [0.1, 0.15) is 30.0 Å². The molecule has 0 radical (unpaired) electrons. The molecular weight excluding hydrogens is 663 g/mol. The van der Waals surface area contributed by atoms with E-state index in [0.29, 0.717) is 29.6 Å². The van der Waals surface area contributed by atoms with E-state index in [-0.39, 0.29) is 6.61 Å². The van der Waals surface area contributed by atoms with E-state index in [1.807, 2.05) is 68.4 Å². The minimum atomic E-state index is -0.501. The molecule has 0 atom stereocenters. The predicted molar refractivity (Wildman–Crippen MR) is 216 cm³/mol. The number of phenolic OH excluding ortho intramolecular Hbond substituents is 1. The normalized spacial score (nSPS) is 11.2. The maximum atomic E-state index is 12.1. The number of rotatable bonds is 13. The molecule has 0 spiro atoms. The Morgan fingerprint density at radius 3 is 1.75 bits per heavy atom. The fourth-order valence-corrected chi connectivity index (χ4v) is 6.28. The van der Waals surface area contributed by atoms with Gasteiger partial charge in [-0.25, -0.2) is 19.9 Å². The fourth-order valence-electron chi connectivity index (χ4n) is 6.28. The predicted octanol–water partition coefficient (Wildman–Crippen LogP) is 8.47. The highest BCUT2D eigenvalue weighted by atomic mass is 16.3. The topological polar surface area (TPSA) is 159 Å². The molecule has 276 valence electrons. The number of nitrogens with two attached hydrogens (primary N) is 1. The van der Waals surface area contributed by atoms with E-state index in [2.05, 4.69) is 70.4 Å². The van der Waals surface area contributed by atoms with Gasteiger partial charge in [0.05, 0.1) is 16.6 Å².